The lowest BCUT2D eigenvalue weighted by Gasteiger charge is -2.37. The van der Waals surface area contributed by atoms with E-state index in [1.165, 1.54) is 5.01 Å². The number of fused-ring (bicyclic) bond motifs is 4. The van der Waals surface area contributed by atoms with E-state index in [-0.39, 0.29) is 23.7 Å². The second-order valence-electron chi connectivity index (χ2n) is 13.7. The Bertz CT molecular complexity index is 1480. The molecule has 2 aromatic rings. The van der Waals surface area contributed by atoms with Gasteiger partial charge >= 0.3 is 5.97 Å². The van der Waals surface area contributed by atoms with Crippen LogP contribution in [-0.2, 0) is 28.7 Å². The zero-order valence-electron chi connectivity index (χ0n) is 27.5. The van der Waals surface area contributed by atoms with E-state index < -0.39 is 41.5 Å². The van der Waals surface area contributed by atoms with Gasteiger partial charge < -0.3 is 20.1 Å². The molecule has 4 atom stereocenters. The van der Waals surface area contributed by atoms with Gasteiger partial charge in [-0.2, -0.15) is 0 Å². The summed E-state index contributed by atoms with van der Waals surface area (Å²) in [5, 5.41) is 8.32. The van der Waals surface area contributed by atoms with E-state index in [2.05, 4.69) is 16.1 Å². The standard InChI is InChI=1S/C35H47N5O6/c1-21(2)30-31(41)37-29(20-24-13-17-45-18-14-24)32(42)40-16-6-7-27(39-40)33(43)46-22(3)26-11-10-25-9-8-23(19-28(25)36-26)12-15-35(4,5)34(44)38-30/h8-12,15,19,21-22,24,27,29-30,39H,6-7,13-14,16-18,20H2,1-5H3,(H,37,41)(H,38,44)/b15-12+/t22-,27+,29?,30+/m1/s1. The molecule has 11 nitrogen and oxygen atoms in total. The number of pyridine rings is 1. The highest BCUT2D eigenvalue weighted by molar-refractivity contribution is 5.94. The molecule has 0 spiro atoms. The fourth-order valence-corrected chi connectivity index (χ4v) is 6.14. The molecule has 2 saturated heterocycles. The molecular formula is C35H47N5O6. The average molecular weight is 634 g/mol. The van der Waals surface area contributed by atoms with Gasteiger partial charge in [-0.15, -0.1) is 0 Å². The molecule has 1 aromatic carbocycles. The van der Waals surface area contributed by atoms with Crippen molar-refractivity contribution in [3.05, 3.63) is 47.7 Å². The van der Waals surface area contributed by atoms with Crippen molar-refractivity contribution in [1.82, 2.24) is 26.1 Å². The molecule has 3 aliphatic heterocycles. The third-order valence-electron chi connectivity index (χ3n) is 9.22. The molecule has 46 heavy (non-hydrogen) atoms. The normalized spacial score (nSPS) is 27.7. The molecule has 3 N–H and O–H groups in total. The molecule has 2 fully saturated rings. The summed E-state index contributed by atoms with van der Waals surface area (Å²) in [5.74, 6) is -1.56. The summed E-state index contributed by atoms with van der Waals surface area (Å²) in [6.07, 6.45) is 6.16. The maximum absolute atomic E-state index is 14.0. The van der Waals surface area contributed by atoms with E-state index in [4.69, 9.17) is 14.5 Å². The Balaban J connectivity index is 1.49. The fourth-order valence-electron chi connectivity index (χ4n) is 6.14. The van der Waals surface area contributed by atoms with Crippen molar-refractivity contribution in [2.75, 3.05) is 19.8 Å². The molecule has 11 heteroatoms. The molecule has 3 aliphatic rings. The lowest BCUT2D eigenvalue weighted by atomic mass is 9.89. The number of carbonyl (C=O) groups excluding carboxylic acids is 4. The van der Waals surface area contributed by atoms with E-state index in [0.717, 1.165) is 29.3 Å². The second-order valence-corrected chi connectivity index (χ2v) is 13.7. The number of cyclic esters (lactones) is 1. The van der Waals surface area contributed by atoms with Gasteiger partial charge in [0.2, 0.25) is 11.8 Å². The summed E-state index contributed by atoms with van der Waals surface area (Å²) < 4.78 is 11.4. The predicted octanol–water partition coefficient (Wildman–Crippen LogP) is 3.83. The molecule has 1 aromatic heterocycles. The minimum absolute atomic E-state index is 0.183. The number of amides is 3. The lowest BCUT2D eigenvalue weighted by molar-refractivity contribution is -0.157. The van der Waals surface area contributed by atoms with Crippen molar-refractivity contribution in [2.45, 2.75) is 91.0 Å². The van der Waals surface area contributed by atoms with Crippen molar-refractivity contribution in [2.24, 2.45) is 17.3 Å². The first-order valence-electron chi connectivity index (χ1n) is 16.5. The van der Waals surface area contributed by atoms with E-state index in [1.54, 1.807) is 20.8 Å². The second kappa shape index (κ2) is 14.3. The first-order chi connectivity index (χ1) is 21.9. The number of benzene rings is 1. The highest BCUT2D eigenvalue weighted by Gasteiger charge is 2.37. The summed E-state index contributed by atoms with van der Waals surface area (Å²) >= 11 is 0. The zero-order chi connectivity index (χ0) is 33.0. The quantitative estimate of drug-likeness (QED) is 0.434. The Labute approximate surface area is 270 Å². The molecule has 1 unspecified atom stereocenters. The minimum atomic E-state index is -0.941. The highest BCUT2D eigenvalue weighted by atomic mass is 16.5. The number of hydrogen-bond donors (Lipinski definition) is 3. The third kappa shape index (κ3) is 7.93. The average Bonchev–Trinajstić information content (AvgIpc) is 3.05. The van der Waals surface area contributed by atoms with Crippen LogP contribution in [0.2, 0.25) is 0 Å². The smallest absolute Gasteiger partial charge is 0.325 e. The van der Waals surface area contributed by atoms with Gasteiger partial charge in [0.25, 0.3) is 5.91 Å². The summed E-state index contributed by atoms with van der Waals surface area (Å²) in [6, 6.07) is 7.19. The molecule has 4 heterocycles. The number of hydrogen-bond acceptors (Lipinski definition) is 8. The van der Waals surface area contributed by atoms with Gasteiger partial charge in [0.1, 0.15) is 24.2 Å². The molecule has 5 rings (SSSR count). The molecule has 0 radical (unpaired) electrons. The van der Waals surface area contributed by atoms with Crippen LogP contribution in [0, 0.1) is 17.3 Å². The number of esters is 1. The Kier molecular flexibility index (Phi) is 10.4. The predicted molar refractivity (Wildman–Crippen MR) is 174 cm³/mol. The van der Waals surface area contributed by atoms with Crippen LogP contribution in [0.25, 0.3) is 17.0 Å². The van der Waals surface area contributed by atoms with E-state index in [0.29, 0.717) is 44.7 Å². The maximum Gasteiger partial charge on any atom is 0.325 e. The number of rotatable bonds is 3. The Morgan fingerprint density at radius 1 is 1.02 bits per heavy atom. The molecule has 0 aliphatic carbocycles. The van der Waals surface area contributed by atoms with Crippen LogP contribution in [0.1, 0.15) is 84.1 Å². The van der Waals surface area contributed by atoms with Crippen LogP contribution in [0.4, 0.5) is 0 Å². The van der Waals surface area contributed by atoms with E-state index in [9.17, 15) is 19.2 Å². The minimum Gasteiger partial charge on any atom is -0.455 e. The van der Waals surface area contributed by atoms with Crippen molar-refractivity contribution >= 4 is 40.7 Å². The molecule has 3 amide bonds. The number of carbonyl (C=O) groups is 4. The van der Waals surface area contributed by atoms with Crippen molar-refractivity contribution in [3.8, 4) is 0 Å². The summed E-state index contributed by atoms with van der Waals surface area (Å²) in [4.78, 5) is 59.6. The van der Waals surface area contributed by atoms with Crippen LogP contribution in [0.5, 0.6) is 0 Å². The maximum atomic E-state index is 14.0. The van der Waals surface area contributed by atoms with E-state index >= 15 is 0 Å². The van der Waals surface area contributed by atoms with Gasteiger partial charge in [0, 0.05) is 25.1 Å². The Hall–Kier alpha value is -3.83. The molecule has 248 valence electrons. The largest absolute Gasteiger partial charge is 0.455 e. The van der Waals surface area contributed by atoms with Gasteiger partial charge in [-0.25, -0.2) is 10.4 Å². The van der Waals surface area contributed by atoms with Crippen LogP contribution >= 0.6 is 0 Å². The SMILES string of the molecule is CC(C)[C@@H]1NC(=O)C(C)(C)/C=C/c2ccc3ccc(nc3c2)[C@@H](C)OC(=O)[C@@H]2CCCN(N2)C(=O)C(CC2CCOCC2)NC1=O. The fraction of sp³-hybridized carbons (Fsp3) is 0.571. The summed E-state index contributed by atoms with van der Waals surface area (Å²) in [7, 11) is 0. The summed E-state index contributed by atoms with van der Waals surface area (Å²) in [6.45, 7) is 10.7. The van der Waals surface area contributed by atoms with Gasteiger partial charge in [-0.3, -0.25) is 24.2 Å². The monoisotopic (exact) mass is 633 g/mol. The van der Waals surface area contributed by atoms with Crippen molar-refractivity contribution in [3.63, 3.8) is 0 Å². The first kappa shape index (κ1) is 33.5. The van der Waals surface area contributed by atoms with Gasteiger partial charge in [-0.1, -0.05) is 44.2 Å². The number of nitrogens with zero attached hydrogens (tertiary/aromatic N) is 2. The number of ether oxygens (including phenoxy) is 2. The number of aromatic nitrogens is 1. The van der Waals surface area contributed by atoms with Crippen molar-refractivity contribution < 1.29 is 28.7 Å². The highest BCUT2D eigenvalue weighted by Crippen LogP contribution is 2.26. The lowest BCUT2D eigenvalue weighted by Crippen LogP contribution is -2.62. The molecular weight excluding hydrogens is 586 g/mol. The van der Waals surface area contributed by atoms with Crippen LogP contribution in [-0.4, -0.2) is 71.6 Å². The molecule has 0 saturated carbocycles. The summed E-state index contributed by atoms with van der Waals surface area (Å²) in [5.41, 5.74) is 4.34. The Morgan fingerprint density at radius 2 is 1.76 bits per heavy atom. The number of hydrazine groups is 1. The first-order valence-corrected chi connectivity index (χ1v) is 16.5. The number of nitrogens with one attached hydrogen (secondary N) is 3. The molecule has 5 bridgehead atoms. The van der Waals surface area contributed by atoms with Crippen LogP contribution in [0.15, 0.2) is 36.4 Å². The Morgan fingerprint density at radius 3 is 2.50 bits per heavy atom. The van der Waals surface area contributed by atoms with E-state index in [1.807, 2.05) is 56.3 Å². The van der Waals surface area contributed by atoms with Crippen LogP contribution < -0.4 is 16.1 Å². The zero-order valence-corrected chi connectivity index (χ0v) is 27.5. The van der Waals surface area contributed by atoms with Crippen molar-refractivity contribution in [1.29, 1.82) is 0 Å². The van der Waals surface area contributed by atoms with Gasteiger partial charge in [0.15, 0.2) is 0 Å². The van der Waals surface area contributed by atoms with Crippen LogP contribution in [0.3, 0.4) is 0 Å². The van der Waals surface area contributed by atoms with Gasteiger partial charge in [0.05, 0.1) is 16.6 Å². The van der Waals surface area contributed by atoms with Gasteiger partial charge in [-0.05, 0) is 82.4 Å². The third-order valence-corrected chi connectivity index (χ3v) is 9.22. The topological polar surface area (TPSA) is 139 Å².